The number of ether oxygens (including phenoxy) is 2. The molecule has 0 saturated heterocycles. The first-order valence-electron chi connectivity index (χ1n) is 4.77. The fraction of sp³-hybridized carbons (Fsp3) is 0.364. The van der Waals surface area contributed by atoms with Gasteiger partial charge < -0.3 is 9.47 Å². The summed E-state index contributed by atoms with van der Waals surface area (Å²) in [4.78, 5) is 0. The maximum atomic E-state index is 11.9. The highest BCUT2D eigenvalue weighted by molar-refractivity contribution is 5.28. The monoisotopic (exact) mass is 227 g/mol. The molecule has 0 unspecified atom stereocenters. The average molecular weight is 227 g/mol. The molecule has 0 saturated carbocycles. The van der Waals surface area contributed by atoms with Gasteiger partial charge in [-0.3, -0.25) is 0 Å². The first-order valence-corrected chi connectivity index (χ1v) is 4.77. The summed E-state index contributed by atoms with van der Waals surface area (Å²) in [5.41, 5.74) is 0.755. The Labute approximate surface area is 92.2 Å². The van der Waals surface area contributed by atoms with Crippen LogP contribution in [0, 0.1) is 11.5 Å². The first kappa shape index (κ1) is 12.2. The number of hydrogen-bond acceptors (Lipinski definition) is 3. The number of alkyl halides is 2. The van der Waals surface area contributed by atoms with Gasteiger partial charge in [-0.15, -0.1) is 0 Å². The second-order valence-electron chi connectivity index (χ2n) is 3.05. The maximum Gasteiger partial charge on any atom is 0.387 e. The quantitative estimate of drug-likeness (QED) is 0.725. The van der Waals surface area contributed by atoms with Crippen molar-refractivity contribution in [1.29, 1.82) is 5.26 Å². The van der Waals surface area contributed by atoms with Crippen molar-refractivity contribution < 1.29 is 18.3 Å². The van der Waals surface area contributed by atoms with Crippen LogP contribution < -0.4 is 4.74 Å². The normalized spacial score (nSPS) is 11.9. The fourth-order valence-corrected chi connectivity index (χ4v) is 1.31. The summed E-state index contributed by atoms with van der Waals surface area (Å²) in [6.45, 7) is -0.964. The van der Waals surface area contributed by atoms with Gasteiger partial charge in [0.15, 0.2) is 0 Å². The van der Waals surface area contributed by atoms with E-state index in [2.05, 4.69) is 4.74 Å². The van der Waals surface area contributed by atoms with Gasteiger partial charge in [0.1, 0.15) is 11.9 Å². The summed E-state index contributed by atoms with van der Waals surface area (Å²) in [6, 6.07) is 6.04. The smallest absolute Gasteiger partial charge is 0.387 e. The Kier molecular flexibility index (Phi) is 4.52. The number of benzene rings is 1. The Bertz CT molecular complexity index is 359. The van der Waals surface area contributed by atoms with Crippen LogP contribution in [-0.4, -0.2) is 6.61 Å². The van der Waals surface area contributed by atoms with Crippen molar-refractivity contribution in [3.63, 3.8) is 0 Å². The number of halogens is 2. The van der Waals surface area contributed by atoms with Crippen LogP contribution in [0.5, 0.6) is 5.75 Å². The second-order valence-corrected chi connectivity index (χ2v) is 3.05. The van der Waals surface area contributed by atoms with E-state index in [9.17, 15) is 8.78 Å². The van der Waals surface area contributed by atoms with E-state index in [1.165, 1.54) is 12.1 Å². The molecule has 0 fully saturated rings. The van der Waals surface area contributed by atoms with E-state index in [0.29, 0.717) is 6.42 Å². The molecule has 1 aromatic rings. The molecule has 0 N–H and O–H groups in total. The highest BCUT2D eigenvalue weighted by atomic mass is 19.3. The number of nitriles is 1. The van der Waals surface area contributed by atoms with Crippen molar-refractivity contribution in [2.24, 2.45) is 0 Å². The lowest BCUT2D eigenvalue weighted by Crippen LogP contribution is -2.03. The van der Waals surface area contributed by atoms with Crippen LogP contribution >= 0.6 is 0 Å². The Balaban J connectivity index is 2.73. The minimum atomic E-state index is -2.83. The van der Waals surface area contributed by atoms with Crippen molar-refractivity contribution >= 4 is 0 Å². The van der Waals surface area contributed by atoms with Gasteiger partial charge in [0, 0.05) is 0 Å². The molecule has 0 aliphatic heterocycles. The molecule has 0 aliphatic rings. The van der Waals surface area contributed by atoms with Gasteiger partial charge in [0.25, 0.3) is 6.26 Å². The predicted molar refractivity (Wildman–Crippen MR) is 52.8 cm³/mol. The second kappa shape index (κ2) is 5.91. The van der Waals surface area contributed by atoms with Crippen LogP contribution in [0.25, 0.3) is 0 Å². The molecule has 1 aromatic carbocycles. The summed E-state index contributed by atoms with van der Waals surface area (Å²) in [7, 11) is 0. The lowest BCUT2D eigenvalue weighted by atomic mass is 10.1. The molecule has 0 heterocycles. The van der Waals surface area contributed by atoms with Crippen molar-refractivity contribution in [2.45, 2.75) is 26.1 Å². The third kappa shape index (κ3) is 3.39. The molecule has 0 bridgehead atoms. The number of hydrogen-bond donors (Lipinski definition) is 0. The van der Waals surface area contributed by atoms with Crippen molar-refractivity contribution in [3.05, 3.63) is 29.8 Å². The van der Waals surface area contributed by atoms with Crippen molar-refractivity contribution in [2.75, 3.05) is 0 Å². The number of rotatable bonds is 5. The lowest BCUT2D eigenvalue weighted by molar-refractivity contribution is -0.0498. The third-order valence-electron chi connectivity index (χ3n) is 2.04. The molecular formula is C11H11F2NO2. The van der Waals surface area contributed by atoms with Crippen LogP contribution in [0.3, 0.4) is 0 Å². The Morgan fingerprint density at radius 3 is 2.38 bits per heavy atom. The summed E-state index contributed by atoms with van der Waals surface area (Å²) in [6.07, 6.45) is 1.90. The first-order chi connectivity index (χ1) is 7.67. The van der Waals surface area contributed by atoms with Gasteiger partial charge in [-0.05, 0) is 24.1 Å². The largest absolute Gasteiger partial charge is 0.435 e. The van der Waals surface area contributed by atoms with Crippen molar-refractivity contribution in [3.8, 4) is 12.0 Å². The van der Waals surface area contributed by atoms with Gasteiger partial charge in [-0.2, -0.15) is 14.0 Å². The maximum absolute atomic E-state index is 11.9. The molecule has 16 heavy (non-hydrogen) atoms. The molecule has 0 radical (unpaired) electrons. The molecule has 86 valence electrons. The highest BCUT2D eigenvalue weighted by Crippen LogP contribution is 2.23. The van der Waals surface area contributed by atoms with E-state index in [4.69, 9.17) is 10.00 Å². The molecular weight excluding hydrogens is 216 g/mol. The molecule has 1 atom stereocenters. The molecule has 0 aliphatic carbocycles. The van der Waals surface area contributed by atoms with Gasteiger partial charge >= 0.3 is 6.61 Å². The summed E-state index contributed by atoms with van der Waals surface area (Å²) in [5.74, 6) is 0.0885. The van der Waals surface area contributed by atoms with Crippen LogP contribution in [-0.2, 0) is 4.74 Å². The van der Waals surface area contributed by atoms with Gasteiger partial charge in [0.2, 0.25) is 0 Å². The fourth-order valence-electron chi connectivity index (χ4n) is 1.31. The molecule has 1 rings (SSSR count). The van der Waals surface area contributed by atoms with E-state index in [0.717, 1.165) is 5.56 Å². The van der Waals surface area contributed by atoms with E-state index in [1.807, 2.05) is 6.92 Å². The predicted octanol–water partition coefficient (Wildman–Crippen LogP) is 3.24. The summed E-state index contributed by atoms with van der Waals surface area (Å²) in [5, 5.41) is 8.41. The summed E-state index contributed by atoms with van der Waals surface area (Å²) < 4.78 is 32.8. The van der Waals surface area contributed by atoms with E-state index >= 15 is 0 Å². The minimum absolute atomic E-state index is 0.0885. The molecule has 3 nitrogen and oxygen atoms in total. The van der Waals surface area contributed by atoms with E-state index in [1.54, 1.807) is 18.4 Å². The molecule has 5 heteroatoms. The Morgan fingerprint density at radius 2 is 1.94 bits per heavy atom. The zero-order chi connectivity index (χ0) is 12.0. The van der Waals surface area contributed by atoms with Crippen LogP contribution in [0.4, 0.5) is 8.78 Å². The van der Waals surface area contributed by atoms with Crippen LogP contribution in [0.2, 0.25) is 0 Å². The zero-order valence-electron chi connectivity index (χ0n) is 8.69. The standard InChI is InChI=1S/C11H11F2NO2/c1-2-10(15-7-14)8-3-5-9(6-4-8)16-11(12)13/h3-6,10-11H,2H2,1H3/t10-/m0/s1. The van der Waals surface area contributed by atoms with Gasteiger partial charge in [-0.25, -0.2) is 0 Å². The molecule has 0 aromatic heterocycles. The lowest BCUT2D eigenvalue weighted by Gasteiger charge is -2.12. The minimum Gasteiger partial charge on any atom is -0.435 e. The Hall–Kier alpha value is -1.83. The van der Waals surface area contributed by atoms with Gasteiger partial charge in [-0.1, -0.05) is 19.1 Å². The molecule has 0 spiro atoms. The topological polar surface area (TPSA) is 42.2 Å². The van der Waals surface area contributed by atoms with Crippen LogP contribution in [0.1, 0.15) is 25.0 Å². The average Bonchev–Trinajstić information content (AvgIpc) is 2.26. The van der Waals surface area contributed by atoms with Crippen LogP contribution in [0.15, 0.2) is 24.3 Å². The molecule has 0 amide bonds. The third-order valence-corrected chi connectivity index (χ3v) is 2.04. The van der Waals surface area contributed by atoms with E-state index < -0.39 is 6.61 Å². The van der Waals surface area contributed by atoms with E-state index in [-0.39, 0.29) is 11.9 Å². The summed E-state index contributed by atoms with van der Waals surface area (Å²) >= 11 is 0. The highest BCUT2D eigenvalue weighted by Gasteiger charge is 2.11. The Morgan fingerprint density at radius 1 is 1.31 bits per heavy atom. The van der Waals surface area contributed by atoms with Gasteiger partial charge in [0.05, 0.1) is 0 Å². The van der Waals surface area contributed by atoms with Crippen molar-refractivity contribution in [1.82, 2.24) is 0 Å². The number of nitrogens with zero attached hydrogens (tertiary/aromatic N) is 1. The SMILES string of the molecule is CC[C@H](OC#N)c1ccc(OC(F)F)cc1. The zero-order valence-corrected chi connectivity index (χ0v) is 8.69.